The summed E-state index contributed by atoms with van der Waals surface area (Å²) < 4.78 is 47.0. The molecule has 5 nitrogen and oxygen atoms in total. The third-order valence-electron chi connectivity index (χ3n) is 3.07. The Morgan fingerprint density at radius 3 is 2.76 bits per heavy atom. The molecule has 0 amide bonds. The summed E-state index contributed by atoms with van der Waals surface area (Å²) in [5.41, 5.74) is 1.75. The number of alkyl halides is 3. The summed E-state index contributed by atoms with van der Waals surface area (Å²) in [6.07, 6.45) is -5.60. The van der Waals surface area contributed by atoms with E-state index < -0.39 is 24.6 Å². The van der Waals surface area contributed by atoms with Crippen LogP contribution in [0.1, 0.15) is 12.0 Å². The van der Waals surface area contributed by atoms with Gasteiger partial charge < -0.3 is 5.11 Å². The molecule has 2 aromatic rings. The predicted molar refractivity (Wildman–Crippen MR) is 71.0 cm³/mol. The Morgan fingerprint density at radius 2 is 2.14 bits per heavy atom. The Kier molecular flexibility index (Phi) is 4.43. The molecule has 0 spiro atoms. The van der Waals surface area contributed by atoms with Crippen LogP contribution in [-0.2, 0) is 11.3 Å². The second-order valence-corrected chi connectivity index (χ2v) is 5.15. The number of carboxylic acid groups (broad SMARTS) is 1. The first-order valence-corrected chi connectivity index (χ1v) is 6.71. The van der Waals surface area contributed by atoms with Crippen molar-refractivity contribution in [2.75, 3.05) is 7.05 Å². The van der Waals surface area contributed by atoms with Crippen LogP contribution < -0.4 is 0 Å². The van der Waals surface area contributed by atoms with Crippen molar-refractivity contribution in [3.8, 4) is 0 Å². The minimum absolute atomic E-state index is 0.0553. The third-order valence-corrected chi connectivity index (χ3v) is 3.61. The van der Waals surface area contributed by atoms with Gasteiger partial charge in [0.2, 0.25) is 0 Å². The maximum atomic E-state index is 13.0. The fourth-order valence-corrected chi connectivity index (χ4v) is 2.62. The van der Waals surface area contributed by atoms with Gasteiger partial charge in [0.1, 0.15) is 17.1 Å². The lowest BCUT2D eigenvalue weighted by Crippen LogP contribution is -2.44. The topological polar surface area (TPSA) is 66.3 Å². The Hall–Kier alpha value is -1.74. The number of halogens is 3. The molecule has 1 heterocycles. The van der Waals surface area contributed by atoms with Crippen molar-refractivity contribution in [1.29, 1.82) is 0 Å². The van der Waals surface area contributed by atoms with Crippen molar-refractivity contribution >= 4 is 28.7 Å². The molecule has 1 atom stereocenters. The second-order valence-electron chi connectivity index (χ2n) is 4.62. The zero-order valence-electron chi connectivity index (χ0n) is 11.0. The summed E-state index contributed by atoms with van der Waals surface area (Å²) >= 11 is 0.984. The average Bonchev–Trinajstić information content (AvgIpc) is 2.83. The van der Waals surface area contributed by atoms with Gasteiger partial charge in [-0.15, -0.1) is 0 Å². The molecule has 0 saturated heterocycles. The summed E-state index contributed by atoms with van der Waals surface area (Å²) in [6, 6.07) is 3.03. The normalized spacial score (nSPS) is 13.8. The number of aliphatic carboxylic acids is 1. The summed E-state index contributed by atoms with van der Waals surface area (Å²) in [5.74, 6) is -1.49. The van der Waals surface area contributed by atoms with Crippen molar-refractivity contribution in [2.24, 2.45) is 0 Å². The van der Waals surface area contributed by atoms with E-state index in [0.717, 1.165) is 16.6 Å². The number of carbonyl (C=O) groups is 1. The zero-order chi connectivity index (χ0) is 15.6. The zero-order valence-corrected chi connectivity index (χ0v) is 11.8. The monoisotopic (exact) mass is 319 g/mol. The van der Waals surface area contributed by atoms with Crippen molar-refractivity contribution in [3.05, 3.63) is 23.8 Å². The first-order chi connectivity index (χ1) is 9.79. The molecule has 0 saturated carbocycles. The lowest BCUT2D eigenvalue weighted by Gasteiger charge is -2.28. The molecule has 0 radical (unpaired) electrons. The van der Waals surface area contributed by atoms with Gasteiger partial charge in [0.05, 0.1) is 18.1 Å². The fraction of sp³-hybridized carbons (Fsp3) is 0.417. The Bertz CT molecular complexity index is 644. The predicted octanol–water partition coefficient (Wildman–Crippen LogP) is 2.53. The van der Waals surface area contributed by atoms with Crippen LogP contribution in [0.5, 0.6) is 0 Å². The first kappa shape index (κ1) is 15.6. The SMILES string of the molecule is CN(Cc1cccc2nsnc12)C(CC(=O)O)C(F)(F)F. The molecule has 1 aromatic heterocycles. The molecule has 0 aliphatic rings. The van der Waals surface area contributed by atoms with Gasteiger partial charge in [0.15, 0.2) is 0 Å². The van der Waals surface area contributed by atoms with Crippen LogP contribution in [0.15, 0.2) is 18.2 Å². The quantitative estimate of drug-likeness (QED) is 0.917. The number of hydrogen-bond acceptors (Lipinski definition) is 5. The molecule has 1 aromatic carbocycles. The van der Waals surface area contributed by atoms with Gasteiger partial charge in [-0.2, -0.15) is 21.9 Å². The minimum Gasteiger partial charge on any atom is -0.481 e. The van der Waals surface area contributed by atoms with Crippen LogP contribution in [0.4, 0.5) is 13.2 Å². The van der Waals surface area contributed by atoms with Crippen LogP contribution in [0, 0.1) is 0 Å². The molecule has 9 heteroatoms. The highest BCUT2D eigenvalue weighted by Gasteiger charge is 2.43. The Labute approximate surface area is 122 Å². The third kappa shape index (κ3) is 3.67. The lowest BCUT2D eigenvalue weighted by molar-refractivity contribution is -0.188. The molecular formula is C12H12F3N3O2S. The van der Waals surface area contributed by atoms with Crippen LogP contribution in [-0.4, -0.2) is 44.0 Å². The van der Waals surface area contributed by atoms with Gasteiger partial charge in [-0.05, 0) is 18.7 Å². The van der Waals surface area contributed by atoms with Gasteiger partial charge in [-0.3, -0.25) is 9.69 Å². The molecule has 0 aliphatic carbocycles. The summed E-state index contributed by atoms with van der Waals surface area (Å²) in [6.45, 7) is -0.0553. The van der Waals surface area contributed by atoms with Crippen molar-refractivity contribution in [1.82, 2.24) is 13.6 Å². The van der Waals surface area contributed by atoms with Gasteiger partial charge in [-0.1, -0.05) is 12.1 Å². The van der Waals surface area contributed by atoms with E-state index in [1.54, 1.807) is 18.2 Å². The van der Waals surface area contributed by atoms with E-state index in [9.17, 15) is 18.0 Å². The minimum atomic E-state index is -4.61. The molecule has 0 bridgehead atoms. The highest BCUT2D eigenvalue weighted by molar-refractivity contribution is 7.00. The van der Waals surface area contributed by atoms with Gasteiger partial charge in [-0.25, -0.2) is 0 Å². The Balaban J connectivity index is 2.24. The lowest BCUT2D eigenvalue weighted by atomic mass is 10.1. The average molecular weight is 319 g/mol. The van der Waals surface area contributed by atoms with E-state index in [2.05, 4.69) is 8.75 Å². The molecule has 1 N–H and O–H groups in total. The summed E-state index contributed by atoms with van der Waals surface area (Å²) in [7, 11) is 1.25. The number of rotatable bonds is 5. The van der Waals surface area contributed by atoms with Crippen molar-refractivity contribution in [2.45, 2.75) is 25.2 Å². The molecular weight excluding hydrogens is 307 g/mol. The van der Waals surface area contributed by atoms with Crippen LogP contribution in [0.2, 0.25) is 0 Å². The van der Waals surface area contributed by atoms with Crippen molar-refractivity contribution < 1.29 is 23.1 Å². The van der Waals surface area contributed by atoms with E-state index >= 15 is 0 Å². The van der Waals surface area contributed by atoms with E-state index in [1.165, 1.54) is 7.05 Å². The number of hydrogen-bond donors (Lipinski definition) is 1. The molecule has 21 heavy (non-hydrogen) atoms. The van der Waals surface area contributed by atoms with E-state index in [4.69, 9.17) is 5.11 Å². The van der Waals surface area contributed by atoms with Gasteiger partial charge in [0.25, 0.3) is 0 Å². The largest absolute Gasteiger partial charge is 0.481 e. The van der Waals surface area contributed by atoms with Crippen LogP contribution in [0.3, 0.4) is 0 Å². The molecule has 2 rings (SSSR count). The van der Waals surface area contributed by atoms with E-state index in [0.29, 0.717) is 16.6 Å². The number of aromatic nitrogens is 2. The highest BCUT2D eigenvalue weighted by atomic mass is 32.1. The van der Waals surface area contributed by atoms with Gasteiger partial charge >= 0.3 is 12.1 Å². The number of fused-ring (bicyclic) bond motifs is 1. The number of nitrogens with zero attached hydrogens (tertiary/aromatic N) is 3. The van der Waals surface area contributed by atoms with Crippen molar-refractivity contribution in [3.63, 3.8) is 0 Å². The summed E-state index contributed by atoms with van der Waals surface area (Å²) in [5, 5.41) is 8.65. The Morgan fingerprint density at radius 1 is 1.43 bits per heavy atom. The van der Waals surface area contributed by atoms with E-state index in [-0.39, 0.29) is 6.54 Å². The maximum absolute atomic E-state index is 13.0. The number of carboxylic acids is 1. The van der Waals surface area contributed by atoms with Gasteiger partial charge in [0, 0.05) is 6.54 Å². The fourth-order valence-electron chi connectivity index (χ4n) is 2.06. The summed E-state index contributed by atoms with van der Waals surface area (Å²) in [4.78, 5) is 11.6. The molecule has 1 unspecified atom stereocenters. The maximum Gasteiger partial charge on any atom is 0.404 e. The van der Waals surface area contributed by atoms with Crippen LogP contribution in [0.25, 0.3) is 11.0 Å². The molecule has 114 valence electrons. The first-order valence-electron chi connectivity index (χ1n) is 5.98. The smallest absolute Gasteiger partial charge is 0.404 e. The van der Waals surface area contributed by atoms with Crippen LogP contribution >= 0.6 is 11.7 Å². The number of benzene rings is 1. The molecule has 0 aliphatic heterocycles. The second kappa shape index (κ2) is 5.94. The van der Waals surface area contributed by atoms with E-state index in [1.807, 2.05) is 0 Å². The highest BCUT2D eigenvalue weighted by Crippen LogP contribution is 2.28. The standard InChI is InChI=1S/C12H12F3N3O2S/c1-18(9(5-10(19)20)12(13,14)15)6-7-3-2-4-8-11(7)17-21-16-8/h2-4,9H,5-6H2,1H3,(H,19,20). The molecule has 0 fully saturated rings.